The number of benzene rings is 2. The Bertz CT molecular complexity index is 833. The van der Waals surface area contributed by atoms with Crippen LogP contribution in [0.2, 0.25) is 0 Å². The summed E-state index contributed by atoms with van der Waals surface area (Å²) in [6.07, 6.45) is -1.94. The number of rotatable bonds is 5. The quantitative estimate of drug-likeness (QED) is 0.822. The molecule has 1 aliphatic heterocycles. The van der Waals surface area contributed by atoms with E-state index in [0.717, 1.165) is 5.56 Å². The third-order valence-electron chi connectivity index (χ3n) is 3.48. The number of para-hydroxylation sites is 1. The molecular formula is C18H14F3NO4. The van der Waals surface area contributed by atoms with Gasteiger partial charge in [0.15, 0.2) is 11.5 Å². The minimum atomic E-state index is -4.79. The molecule has 1 heterocycles. The maximum atomic E-state index is 12.4. The third kappa shape index (κ3) is 4.69. The van der Waals surface area contributed by atoms with Gasteiger partial charge in [0, 0.05) is 18.2 Å². The van der Waals surface area contributed by atoms with Crippen LogP contribution in [0.1, 0.15) is 11.1 Å². The molecule has 0 saturated heterocycles. The zero-order valence-corrected chi connectivity index (χ0v) is 13.4. The summed E-state index contributed by atoms with van der Waals surface area (Å²) >= 11 is 0. The molecule has 0 radical (unpaired) electrons. The van der Waals surface area contributed by atoms with E-state index in [1.54, 1.807) is 30.3 Å². The van der Waals surface area contributed by atoms with Crippen LogP contribution in [0.4, 0.5) is 13.2 Å². The van der Waals surface area contributed by atoms with Crippen molar-refractivity contribution in [3.05, 3.63) is 59.7 Å². The molecule has 2 aromatic carbocycles. The highest BCUT2D eigenvalue weighted by Gasteiger charge is 2.31. The molecule has 2 aromatic rings. The second-order valence-corrected chi connectivity index (χ2v) is 5.32. The molecule has 26 heavy (non-hydrogen) atoms. The second kappa shape index (κ2) is 7.38. The highest BCUT2D eigenvalue weighted by Crippen LogP contribution is 2.32. The minimum absolute atomic E-state index is 0.101. The molecule has 0 bridgehead atoms. The lowest BCUT2D eigenvalue weighted by atomic mass is 10.2. The Balaban J connectivity index is 1.59. The van der Waals surface area contributed by atoms with Gasteiger partial charge in [0.25, 0.3) is 0 Å². The van der Waals surface area contributed by atoms with Crippen LogP contribution in [0.3, 0.4) is 0 Å². The maximum absolute atomic E-state index is 12.4. The first-order valence-corrected chi connectivity index (χ1v) is 7.60. The van der Waals surface area contributed by atoms with Gasteiger partial charge in [-0.3, -0.25) is 4.79 Å². The molecule has 136 valence electrons. The topological polar surface area (TPSA) is 56.8 Å². The van der Waals surface area contributed by atoms with Crippen LogP contribution in [-0.4, -0.2) is 19.1 Å². The van der Waals surface area contributed by atoms with Crippen molar-refractivity contribution in [3.8, 4) is 17.2 Å². The fourth-order valence-electron chi connectivity index (χ4n) is 2.30. The van der Waals surface area contributed by atoms with Crippen molar-refractivity contribution < 1.29 is 32.2 Å². The van der Waals surface area contributed by atoms with E-state index in [1.165, 1.54) is 24.3 Å². The Morgan fingerprint density at radius 1 is 1.15 bits per heavy atom. The predicted molar refractivity (Wildman–Crippen MR) is 86.6 cm³/mol. The molecule has 0 saturated carbocycles. The molecule has 1 N–H and O–H groups in total. The number of carbonyl (C=O) groups is 1. The number of amides is 1. The number of hydrogen-bond donors (Lipinski definition) is 1. The fourth-order valence-corrected chi connectivity index (χ4v) is 2.30. The first-order chi connectivity index (χ1) is 12.4. The van der Waals surface area contributed by atoms with Gasteiger partial charge in [0.1, 0.15) is 5.75 Å². The van der Waals surface area contributed by atoms with Crippen molar-refractivity contribution >= 4 is 12.0 Å². The van der Waals surface area contributed by atoms with Gasteiger partial charge in [-0.25, -0.2) is 0 Å². The molecule has 8 heteroatoms. The molecule has 0 unspecified atom stereocenters. The van der Waals surface area contributed by atoms with E-state index in [4.69, 9.17) is 9.47 Å². The summed E-state index contributed by atoms with van der Waals surface area (Å²) in [6.45, 7) is 0.0545. The van der Waals surface area contributed by atoms with Crippen molar-refractivity contribution in [1.82, 2.24) is 5.32 Å². The molecule has 1 amide bonds. The number of nitrogens with one attached hydrogen (secondary N) is 1. The van der Waals surface area contributed by atoms with Gasteiger partial charge in [0.2, 0.25) is 12.7 Å². The molecule has 3 rings (SSSR count). The first kappa shape index (κ1) is 17.7. The summed E-state index contributed by atoms with van der Waals surface area (Å²) in [7, 11) is 0. The lowest BCUT2D eigenvalue weighted by molar-refractivity contribution is -0.274. The monoisotopic (exact) mass is 365 g/mol. The summed E-state index contributed by atoms with van der Waals surface area (Å²) < 4.78 is 51.5. The summed E-state index contributed by atoms with van der Waals surface area (Å²) in [5, 5.41) is 2.52. The van der Waals surface area contributed by atoms with Gasteiger partial charge in [-0.15, -0.1) is 13.2 Å². The molecule has 0 spiro atoms. The molecule has 0 aromatic heterocycles. The number of alkyl halides is 3. The summed E-state index contributed by atoms with van der Waals surface area (Å²) in [4.78, 5) is 11.9. The molecule has 0 atom stereocenters. The summed E-state index contributed by atoms with van der Waals surface area (Å²) in [5.74, 6) is 0.420. The van der Waals surface area contributed by atoms with Gasteiger partial charge in [-0.05, 0) is 29.8 Å². The van der Waals surface area contributed by atoms with Gasteiger partial charge in [-0.1, -0.05) is 24.3 Å². The maximum Gasteiger partial charge on any atom is 0.573 e. The van der Waals surface area contributed by atoms with Crippen molar-refractivity contribution in [2.75, 3.05) is 6.79 Å². The highest BCUT2D eigenvalue weighted by molar-refractivity contribution is 5.91. The lowest BCUT2D eigenvalue weighted by Crippen LogP contribution is -2.22. The Morgan fingerprint density at radius 2 is 1.92 bits per heavy atom. The number of fused-ring (bicyclic) bond motifs is 1. The summed E-state index contributed by atoms with van der Waals surface area (Å²) in [5.41, 5.74) is 0.944. The van der Waals surface area contributed by atoms with Crippen molar-refractivity contribution in [1.29, 1.82) is 0 Å². The third-order valence-corrected chi connectivity index (χ3v) is 3.48. The minimum Gasteiger partial charge on any atom is -0.454 e. The number of halogens is 3. The van der Waals surface area contributed by atoms with E-state index < -0.39 is 12.3 Å². The van der Waals surface area contributed by atoms with Crippen molar-refractivity contribution in [3.63, 3.8) is 0 Å². The van der Waals surface area contributed by atoms with Crippen molar-refractivity contribution in [2.24, 2.45) is 0 Å². The Morgan fingerprint density at radius 3 is 2.73 bits per heavy atom. The second-order valence-electron chi connectivity index (χ2n) is 5.32. The van der Waals surface area contributed by atoms with Gasteiger partial charge < -0.3 is 19.5 Å². The number of ether oxygens (including phenoxy) is 3. The molecule has 1 aliphatic rings. The van der Waals surface area contributed by atoms with E-state index in [9.17, 15) is 18.0 Å². The number of carbonyl (C=O) groups excluding carboxylic acids is 1. The van der Waals surface area contributed by atoms with Gasteiger partial charge in [-0.2, -0.15) is 0 Å². The van der Waals surface area contributed by atoms with E-state index in [-0.39, 0.29) is 24.7 Å². The Kier molecular flexibility index (Phi) is 5.01. The van der Waals surface area contributed by atoms with E-state index >= 15 is 0 Å². The molecule has 0 fully saturated rings. The van der Waals surface area contributed by atoms with E-state index in [0.29, 0.717) is 11.5 Å². The van der Waals surface area contributed by atoms with E-state index in [2.05, 4.69) is 10.1 Å². The highest BCUT2D eigenvalue weighted by atomic mass is 19.4. The Hall–Kier alpha value is -3.16. The molecular weight excluding hydrogens is 351 g/mol. The smallest absolute Gasteiger partial charge is 0.454 e. The summed E-state index contributed by atoms with van der Waals surface area (Å²) in [6, 6.07) is 10.8. The average Bonchev–Trinajstić information content (AvgIpc) is 3.05. The zero-order valence-electron chi connectivity index (χ0n) is 13.4. The van der Waals surface area contributed by atoms with Gasteiger partial charge in [0.05, 0.1) is 0 Å². The SMILES string of the molecule is O=C(/C=C/c1ccc2c(c1)OCO2)NCc1ccccc1OC(F)(F)F. The standard InChI is InChI=1S/C18H14F3NO4/c19-18(20,21)26-14-4-2-1-3-13(14)10-22-17(23)8-6-12-5-7-15-16(9-12)25-11-24-15/h1-9H,10-11H2,(H,22,23)/b8-6+. The van der Waals surface area contributed by atoms with Crippen molar-refractivity contribution in [2.45, 2.75) is 12.9 Å². The molecule has 0 aliphatic carbocycles. The van der Waals surface area contributed by atoms with Crippen LogP contribution in [0.15, 0.2) is 48.5 Å². The van der Waals surface area contributed by atoms with Crippen LogP contribution in [0.25, 0.3) is 6.08 Å². The van der Waals surface area contributed by atoms with Crippen LogP contribution in [-0.2, 0) is 11.3 Å². The van der Waals surface area contributed by atoms with Gasteiger partial charge >= 0.3 is 6.36 Å². The van der Waals surface area contributed by atoms with Crippen LogP contribution in [0.5, 0.6) is 17.2 Å². The molecule has 5 nitrogen and oxygen atoms in total. The lowest BCUT2D eigenvalue weighted by Gasteiger charge is -2.13. The Labute approximate surface area is 147 Å². The fraction of sp³-hybridized carbons (Fsp3) is 0.167. The zero-order chi connectivity index (χ0) is 18.6. The number of hydrogen-bond acceptors (Lipinski definition) is 4. The normalized spacial score (nSPS) is 13.0. The van der Waals surface area contributed by atoms with E-state index in [1.807, 2.05) is 0 Å². The van der Waals surface area contributed by atoms with Crippen LogP contribution in [0, 0.1) is 0 Å². The predicted octanol–water partition coefficient (Wildman–Crippen LogP) is 3.64. The first-order valence-electron chi connectivity index (χ1n) is 7.60. The van der Waals surface area contributed by atoms with Crippen LogP contribution >= 0.6 is 0 Å². The largest absolute Gasteiger partial charge is 0.573 e. The van der Waals surface area contributed by atoms with Crippen LogP contribution < -0.4 is 19.5 Å². The average molecular weight is 365 g/mol.